The summed E-state index contributed by atoms with van der Waals surface area (Å²) < 4.78 is 0. The van der Waals surface area contributed by atoms with Crippen LogP contribution in [-0.4, -0.2) is 16.7 Å². The number of imide groups is 1. The van der Waals surface area contributed by atoms with E-state index in [2.05, 4.69) is 5.32 Å². The molecule has 0 spiro atoms. The van der Waals surface area contributed by atoms with Crippen molar-refractivity contribution in [1.29, 1.82) is 0 Å². The van der Waals surface area contributed by atoms with Crippen LogP contribution in [0.4, 0.5) is 17.1 Å². The van der Waals surface area contributed by atoms with Crippen LogP contribution in [0.2, 0.25) is 0 Å². The van der Waals surface area contributed by atoms with E-state index in [-0.39, 0.29) is 17.0 Å². The van der Waals surface area contributed by atoms with Crippen LogP contribution in [0.15, 0.2) is 78.5 Å². The van der Waals surface area contributed by atoms with Gasteiger partial charge in [0, 0.05) is 17.8 Å². The zero-order valence-corrected chi connectivity index (χ0v) is 17.0. The summed E-state index contributed by atoms with van der Waals surface area (Å²) in [5, 5.41) is 14.1. The Hall–Kier alpha value is -4.26. The number of para-hydroxylation sites is 1. The maximum Gasteiger partial charge on any atom is 0.282 e. The number of aryl methyl sites for hydroxylation is 2. The van der Waals surface area contributed by atoms with Gasteiger partial charge in [0.2, 0.25) is 0 Å². The van der Waals surface area contributed by atoms with Crippen molar-refractivity contribution in [2.24, 2.45) is 0 Å². The Labute approximate surface area is 178 Å². The van der Waals surface area contributed by atoms with Gasteiger partial charge in [-0.15, -0.1) is 0 Å². The second-order valence-electron chi connectivity index (χ2n) is 7.28. The van der Waals surface area contributed by atoms with E-state index in [9.17, 15) is 19.7 Å². The summed E-state index contributed by atoms with van der Waals surface area (Å²) in [5.41, 5.74) is 3.71. The summed E-state index contributed by atoms with van der Waals surface area (Å²) in [7, 11) is 0. The fourth-order valence-electron chi connectivity index (χ4n) is 3.44. The van der Waals surface area contributed by atoms with E-state index in [1.807, 2.05) is 50.2 Å². The Morgan fingerprint density at radius 2 is 1.48 bits per heavy atom. The number of carbonyl (C=O) groups is 2. The fourth-order valence-corrected chi connectivity index (χ4v) is 3.44. The number of nitrogens with zero attached hydrogens (tertiary/aromatic N) is 2. The number of anilines is 2. The molecule has 3 aromatic carbocycles. The van der Waals surface area contributed by atoms with Crippen molar-refractivity contribution < 1.29 is 14.5 Å². The number of nitro groups is 1. The first kappa shape index (κ1) is 20.0. The van der Waals surface area contributed by atoms with Gasteiger partial charge in [-0.2, -0.15) is 0 Å². The molecule has 0 saturated heterocycles. The topological polar surface area (TPSA) is 92.6 Å². The van der Waals surface area contributed by atoms with Crippen LogP contribution < -0.4 is 10.2 Å². The quantitative estimate of drug-likeness (QED) is 0.375. The van der Waals surface area contributed by atoms with Gasteiger partial charge in [0.25, 0.3) is 17.5 Å². The van der Waals surface area contributed by atoms with Crippen molar-refractivity contribution >= 4 is 34.4 Å². The molecule has 1 aliphatic rings. The van der Waals surface area contributed by atoms with Gasteiger partial charge in [0.05, 0.1) is 16.2 Å². The molecule has 1 aliphatic heterocycles. The summed E-state index contributed by atoms with van der Waals surface area (Å²) in [6, 6.07) is 20.1. The Morgan fingerprint density at radius 1 is 0.839 bits per heavy atom. The molecule has 1 N–H and O–H groups in total. The molecule has 7 heteroatoms. The lowest BCUT2D eigenvalue weighted by Crippen LogP contribution is -2.32. The first-order valence-electron chi connectivity index (χ1n) is 9.64. The maximum absolute atomic E-state index is 13.4. The molecular weight excluding hydrogens is 394 g/mol. The monoisotopic (exact) mass is 413 g/mol. The predicted octanol–water partition coefficient (Wildman–Crippen LogP) is 4.61. The molecule has 2 amide bonds. The van der Waals surface area contributed by atoms with Gasteiger partial charge in [-0.25, -0.2) is 4.90 Å². The van der Waals surface area contributed by atoms with Gasteiger partial charge in [-0.3, -0.25) is 19.7 Å². The smallest absolute Gasteiger partial charge is 0.282 e. The number of benzene rings is 3. The van der Waals surface area contributed by atoms with E-state index in [0.29, 0.717) is 16.9 Å². The molecule has 0 aromatic heterocycles. The molecule has 154 valence electrons. The Morgan fingerprint density at radius 3 is 2.10 bits per heavy atom. The van der Waals surface area contributed by atoms with E-state index in [1.54, 1.807) is 12.1 Å². The summed E-state index contributed by atoms with van der Waals surface area (Å²) in [6.45, 7) is 3.82. The van der Waals surface area contributed by atoms with E-state index in [1.165, 1.54) is 24.3 Å². The molecule has 0 saturated carbocycles. The minimum absolute atomic E-state index is 0.0927. The van der Waals surface area contributed by atoms with Crippen molar-refractivity contribution in [3.63, 3.8) is 0 Å². The van der Waals surface area contributed by atoms with Gasteiger partial charge >= 0.3 is 0 Å². The Balaban J connectivity index is 1.83. The first-order valence-corrected chi connectivity index (χ1v) is 9.64. The Bertz CT molecular complexity index is 1230. The van der Waals surface area contributed by atoms with Crippen LogP contribution in [0, 0.1) is 24.0 Å². The molecule has 0 aliphatic carbocycles. The van der Waals surface area contributed by atoms with Crippen LogP contribution in [0.5, 0.6) is 0 Å². The maximum atomic E-state index is 13.4. The third-order valence-electron chi connectivity index (χ3n) is 5.15. The molecule has 7 nitrogen and oxygen atoms in total. The van der Waals surface area contributed by atoms with Crippen LogP contribution in [0.3, 0.4) is 0 Å². The lowest BCUT2D eigenvalue weighted by molar-refractivity contribution is -0.384. The van der Waals surface area contributed by atoms with Gasteiger partial charge < -0.3 is 5.32 Å². The van der Waals surface area contributed by atoms with Gasteiger partial charge in [0.1, 0.15) is 5.70 Å². The number of nitrogens with one attached hydrogen (secondary N) is 1. The largest absolute Gasteiger partial charge is 0.350 e. The zero-order chi connectivity index (χ0) is 22.1. The van der Waals surface area contributed by atoms with Crippen LogP contribution >= 0.6 is 0 Å². The van der Waals surface area contributed by atoms with Crippen molar-refractivity contribution in [1.82, 2.24) is 0 Å². The molecule has 4 rings (SSSR count). The second kappa shape index (κ2) is 7.87. The van der Waals surface area contributed by atoms with E-state index in [4.69, 9.17) is 0 Å². The first-order chi connectivity index (χ1) is 14.9. The zero-order valence-electron chi connectivity index (χ0n) is 17.0. The highest BCUT2D eigenvalue weighted by molar-refractivity contribution is 6.46. The van der Waals surface area contributed by atoms with E-state index in [0.717, 1.165) is 16.0 Å². The number of rotatable bonds is 5. The minimum atomic E-state index is -0.509. The average Bonchev–Trinajstić information content (AvgIpc) is 3.00. The van der Waals surface area contributed by atoms with Crippen molar-refractivity contribution in [2.75, 3.05) is 10.2 Å². The van der Waals surface area contributed by atoms with Crippen LogP contribution in [-0.2, 0) is 9.59 Å². The van der Waals surface area contributed by atoms with Gasteiger partial charge in [-0.1, -0.05) is 35.9 Å². The highest BCUT2D eigenvalue weighted by Gasteiger charge is 2.40. The number of non-ortho nitro benzene ring substituents is 1. The molecule has 0 fully saturated rings. The summed E-state index contributed by atoms with van der Waals surface area (Å²) in [4.78, 5) is 38.4. The number of hydrogen-bond donors (Lipinski definition) is 1. The highest BCUT2D eigenvalue weighted by atomic mass is 16.6. The number of nitro benzene ring substituents is 1. The molecule has 0 unspecified atom stereocenters. The van der Waals surface area contributed by atoms with Crippen molar-refractivity contribution in [2.45, 2.75) is 13.8 Å². The van der Waals surface area contributed by atoms with Crippen LogP contribution in [0.25, 0.3) is 5.57 Å². The third kappa shape index (κ3) is 3.69. The number of amides is 2. The molecule has 3 aromatic rings. The summed E-state index contributed by atoms with van der Waals surface area (Å²) in [5.74, 6) is -0.968. The van der Waals surface area contributed by atoms with E-state index >= 15 is 0 Å². The second-order valence-corrected chi connectivity index (χ2v) is 7.28. The molecule has 0 radical (unpaired) electrons. The van der Waals surface area contributed by atoms with E-state index < -0.39 is 16.7 Å². The summed E-state index contributed by atoms with van der Waals surface area (Å²) in [6.07, 6.45) is 0. The predicted molar refractivity (Wildman–Crippen MR) is 118 cm³/mol. The number of carbonyl (C=O) groups excluding carboxylic acids is 2. The lowest BCUT2D eigenvalue weighted by atomic mass is 10.0. The van der Waals surface area contributed by atoms with Crippen molar-refractivity contribution in [3.05, 3.63) is 105 Å². The van der Waals surface area contributed by atoms with Crippen molar-refractivity contribution in [3.8, 4) is 0 Å². The Kier molecular flexibility index (Phi) is 5.09. The molecule has 31 heavy (non-hydrogen) atoms. The fraction of sp³-hybridized carbons (Fsp3) is 0.0833. The molecule has 1 heterocycles. The molecular formula is C24H19N3O4. The van der Waals surface area contributed by atoms with Gasteiger partial charge in [0.15, 0.2) is 0 Å². The SMILES string of the molecule is Cc1ccc(N2C(=O)C(Nc3ccccc3C)=C(c3ccc([N+](=O)[O-])cc3)C2=O)cc1. The lowest BCUT2D eigenvalue weighted by Gasteiger charge is -2.16. The van der Waals surface area contributed by atoms with Gasteiger partial charge in [-0.05, 0) is 55.3 Å². The molecule has 0 bridgehead atoms. The highest BCUT2D eigenvalue weighted by Crippen LogP contribution is 2.34. The minimum Gasteiger partial charge on any atom is -0.350 e. The summed E-state index contributed by atoms with van der Waals surface area (Å²) >= 11 is 0. The normalized spacial score (nSPS) is 13.7. The van der Waals surface area contributed by atoms with Crippen LogP contribution in [0.1, 0.15) is 16.7 Å². The standard InChI is InChI=1S/C24H19N3O4/c1-15-7-11-18(12-8-15)26-23(28)21(17-9-13-19(14-10-17)27(30)31)22(24(26)29)25-20-6-4-3-5-16(20)2/h3-14,25H,1-2H3. The third-order valence-corrected chi connectivity index (χ3v) is 5.15. The molecule has 0 atom stereocenters. The number of hydrogen-bond acceptors (Lipinski definition) is 5. The average molecular weight is 413 g/mol.